The predicted molar refractivity (Wildman–Crippen MR) is 89.9 cm³/mol. The molecule has 1 atom stereocenters. The van der Waals surface area contributed by atoms with E-state index in [1.165, 1.54) is 6.08 Å². The molecule has 0 aliphatic rings. The number of carbonyl (C=O) groups is 2. The zero-order valence-electron chi connectivity index (χ0n) is 12.9. The van der Waals surface area contributed by atoms with E-state index in [-0.39, 0.29) is 6.42 Å². The summed E-state index contributed by atoms with van der Waals surface area (Å²) < 4.78 is 0. The number of hydrogen-bond donors (Lipinski definition) is 2. The second kappa shape index (κ2) is 7.94. The first-order valence-electron chi connectivity index (χ1n) is 7.36. The Kier molecular flexibility index (Phi) is 5.69. The molecule has 2 aromatic carbocycles. The second-order valence-electron chi connectivity index (χ2n) is 5.34. The third kappa shape index (κ3) is 5.43. The minimum Gasteiger partial charge on any atom is -0.480 e. The Morgan fingerprint density at radius 3 is 2.52 bits per heavy atom. The van der Waals surface area contributed by atoms with Crippen LogP contribution in [0.2, 0.25) is 0 Å². The van der Waals surface area contributed by atoms with Gasteiger partial charge in [-0.15, -0.1) is 0 Å². The van der Waals surface area contributed by atoms with E-state index >= 15 is 0 Å². The highest BCUT2D eigenvalue weighted by molar-refractivity contribution is 5.94. The van der Waals surface area contributed by atoms with Crippen molar-refractivity contribution in [1.29, 1.82) is 0 Å². The molecular formula is C19H19NO3. The van der Waals surface area contributed by atoms with Crippen molar-refractivity contribution in [3.63, 3.8) is 0 Å². The van der Waals surface area contributed by atoms with Gasteiger partial charge in [-0.3, -0.25) is 4.79 Å². The van der Waals surface area contributed by atoms with Gasteiger partial charge in [0.1, 0.15) is 6.04 Å². The molecule has 4 heteroatoms. The highest BCUT2D eigenvalue weighted by atomic mass is 16.4. The number of aryl methyl sites for hydroxylation is 1. The van der Waals surface area contributed by atoms with Crippen molar-refractivity contribution in [1.82, 2.24) is 5.32 Å². The molecule has 1 amide bonds. The van der Waals surface area contributed by atoms with Crippen molar-refractivity contribution in [3.05, 3.63) is 77.4 Å². The van der Waals surface area contributed by atoms with Gasteiger partial charge in [0.15, 0.2) is 0 Å². The van der Waals surface area contributed by atoms with Gasteiger partial charge < -0.3 is 10.4 Å². The van der Waals surface area contributed by atoms with Crippen molar-refractivity contribution in [2.24, 2.45) is 0 Å². The van der Waals surface area contributed by atoms with Crippen LogP contribution in [0.15, 0.2) is 60.7 Å². The summed E-state index contributed by atoms with van der Waals surface area (Å²) in [6.07, 6.45) is 3.28. The third-order valence-corrected chi connectivity index (χ3v) is 3.37. The van der Waals surface area contributed by atoms with Crippen LogP contribution in [0.3, 0.4) is 0 Å². The maximum Gasteiger partial charge on any atom is 0.326 e. The van der Waals surface area contributed by atoms with Gasteiger partial charge in [-0.1, -0.05) is 60.2 Å². The molecule has 0 radical (unpaired) electrons. The lowest BCUT2D eigenvalue weighted by molar-refractivity contribution is -0.141. The van der Waals surface area contributed by atoms with Crippen LogP contribution >= 0.6 is 0 Å². The monoisotopic (exact) mass is 309 g/mol. The van der Waals surface area contributed by atoms with E-state index in [4.69, 9.17) is 0 Å². The molecule has 4 nitrogen and oxygen atoms in total. The molecule has 0 fully saturated rings. The molecule has 0 aromatic heterocycles. The fraction of sp³-hybridized carbons (Fsp3) is 0.158. The van der Waals surface area contributed by atoms with Gasteiger partial charge in [0.25, 0.3) is 0 Å². The van der Waals surface area contributed by atoms with Gasteiger partial charge in [-0.2, -0.15) is 0 Å². The molecule has 0 spiro atoms. The Balaban J connectivity index is 1.99. The lowest BCUT2D eigenvalue weighted by Gasteiger charge is -2.13. The summed E-state index contributed by atoms with van der Waals surface area (Å²) in [5.41, 5.74) is 2.86. The van der Waals surface area contributed by atoms with E-state index in [9.17, 15) is 14.7 Å². The molecule has 0 unspecified atom stereocenters. The van der Waals surface area contributed by atoms with Crippen molar-refractivity contribution in [3.8, 4) is 0 Å². The summed E-state index contributed by atoms with van der Waals surface area (Å²) in [6, 6.07) is 16.0. The van der Waals surface area contributed by atoms with Crippen molar-refractivity contribution < 1.29 is 14.7 Å². The quantitative estimate of drug-likeness (QED) is 0.806. The third-order valence-electron chi connectivity index (χ3n) is 3.37. The molecule has 118 valence electrons. The Bertz CT molecular complexity index is 708. The standard InChI is InChI=1S/C19H19NO3/c1-14-6-5-9-16(12-14)10-11-18(21)20-17(19(22)23)13-15-7-3-2-4-8-15/h2-12,17H,13H2,1H3,(H,20,21)(H,22,23)/t17-/m1/s1. The molecule has 0 heterocycles. The molecule has 0 aliphatic carbocycles. The first kappa shape index (κ1) is 16.5. The number of amides is 1. The minimum absolute atomic E-state index is 0.250. The largest absolute Gasteiger partial charge is 0.480 e. The Labute approximate surface area is 135 Å². The van der Waals surface area contributed by atoms with E-state index in [2.05, 4.69) is 5.32 Å². The molecule has 2 rings (SSSR count). The van der Waals surface area contributed by atoms with Crippen LogP contribution in [0.4, 0.5) is 0 Å². The number of benzene rings is 2. The smallest absolute Gasteiger partial charge is 0.326 e. The maximum atomic E-state index is 11.9. The summed E-state index contributed by atoms with van der Waals surface area (Å²) in [6.45, 7) is 1.97. The Morgan fingerprint density at radius 1 is 1.13 bits per heavy atom. The van der Waals surface area contributed by atoms with Crippen molar-refractivity contribution in [2.45, 2.75) is 19.4 Å². The SMILES string of the molecule is Cc1cccc(C=CC(=O)N[C@H](Cc2ccccc2)C(=O)O)c1. The van der Waals surface area contributed by atoms with Crippen LogP contribution in [0.5, 0.6) is 0 Å². The normalized spacial score (nSPS) is 12.0. The van der Waals surface area contributed by atoms with Gasteiger partial charge in [-0.05, 0) is 24.1 Å². The molecule has 0 aliphatic heterocycles. The van der Waals surface area contributed by atoms with Crippen LogP contribution in [0.25, 0.3) is 6.08 Å². The zero-order chi connectivity index (χ0) is 16.7. The molecule has 2 N–H and O–H groups in total. The molecule has 0 bridgehead atoms. The predicted octanol–water partition coefficient (Wildman–Crippen LogP) is 2.82. The van der Waals surface area contributed by atoms with E-state index < -0.39 is 17.9 Å². The van der Waals surface area contributed by atoms with Crippen LogP contribution in [0, 0.1) is 6.92 Å². The van der Waals surface area contributed by atoms with Crippen molar-refractivity contribution in [2.75, 3.05) is 0 Å². The Hall–Kier alpha value is -2.88. The molecular weight excluding hydrogens is 290 g/mol. The number of hydrogen-bond acceptors (Lipinski definition) is 2. The number of carboxylic acid groups (broad SMARTS) is 1. The summed E-state index contributed by atoms with van der Waals surface area (Å²) >= 11 is 0. The summed E-state index contributed by atoms with van der Waals surface area (Å²) in [5, 5.41) is 11.8. The fourth-order valence-corrected chi connectivity index (χ4v) is 2.22. The number of rotatable bonds is 6. The highest BCUT2D eigenvalue weighted by Gasteiger charge is 2.19. The first-order chi connectivity index (χ1) is 11.0. The van der Waals surface area contributed by atoms with E-state index in [1.54, 1.807) is 6.08 Å². The second-order valence-corrected chi connectivity index (χ2v) is 5.34. The minimum atomic E-state index is -1.05. The molecule has 23 heavy (non-hydrogen) atoms. The number of carbonyl (C=O) groups excluding carboxylic acids is 1. The van der Waals surface area contributed by atoms with Crippen LogP contribution in [0.1, 0.15) is 16.7 Å². The van der Waals surface area contributed by atoms with Crippen LogP contribution in [-0.4, -0.2) is 23.0 Å². The zero-order valence-corrected chi connectivity index (χ0v) is 12.9. The highest BCUT2D eigenvalue weighted by Crippen LogP contribution is 2.06. The van der Waals surface area contributed by atoms with Crippen LogP contribution in [-0.2, 0) is 16.0 Å². The van der Waals surface area contributed by atoms with Gasteiger partial charge in [0, 0.05) is 12.5 Å². The molecule has 2 aromatic rings. The molecule has 0 saturated heterocycles. The van der Waals surface area contributed by atoms with Crippen molar-refractivity contribution >= 4 is 18.0 Å². The number of carboxylic acids is 1. The topological polar surface area (TPSA) is 66.4 Å². The first-order valence-corrected chi connectivity index (χ1v) is 7.36. The van der Waals surface area contributed by atoms with E-state index in [0.717, 1.165) is 16.7 Å². The summed E-state index contributed by atoms with van der Waals surface area (Å²) in [7, 11) is 0. The maximum absolute atomic E-state index is 11.9. The Morgan fingerprint density at radius 2 is 1.87 bits per heavy atom. The summed E-state index contributed by atoms with van der Waals surface area (Å²) in [5.74, 6) is -1.47. The van der Waals surface area contributed by atoms with E-state index in [0.29, 0.717) is 0 Å². The number of nitrogens with one attached hydrogen (secondary N) is 1. The lowest BCUT2D eigenvalue weighted by atomic mass is 10.1. The average molecular weight is 309 g/mol. The molecule has 0 saturated carbocycles. The fourth-order valence-electron chi connectivity index (χ4n) is 2.22. The summed E-state index contributed by atoms with van der Waals surface area (Å²) in [4.78, 5) is 23.3. The lowest BCUT2D eigenvalue weighted by Crippen LogP contribution is -2.41. The van der Waals surface area contributed by atoms with Gasteiger partial charge in [0.05, 0.1) is 0 Å². The van der Waals surface area contributed by atoms with E-state index in [1.807, 2.05) is 61.5 Å². The average Bonchev–Trinajstić information content (AvgIpc) is 2.53. The van der Waals surface area contributed by atoms with Gasteiger partial charge >= 0.3 is 5.97 Å². The van der Waals surface area contributed by atoms with Crippen LogP contribution < -0.4 is 5.32 Å². The van der Waals surface area contributed by atoms with Gasteiger partial charge in [0.2, 0.25) is 5.91 Å². The number of aliphatic carboxylic acids is 1. The van der Waals surface area contributed by atoms with Gasteiger partial charge in [-0.25, -0.2) is 4.79 Å².